The number of nitrogens with one attached hydrogen (secondary N) is 1. The Balaban J connectivity index is 2.98. The predicted octanol–water partition coefficient (Wildman–Crippen LogP) is 2.55. The summed E-state index contributed by atoms with van der Waals surface area (Å²) in [5, 5.41) is 11.6. The minimum absolute atomic E-state index is 0.0469. The minimum atomic E-state index is -0.497. The normalized spacial score (nSPS) is 9.86. The third-order valence-corrected chi connectivity index (χ3v) is 2.22. The molecule has 0 bridgehead atoms. The summed E-state index contributed by atoms with van der Waals surface area (Å²) in [4.78, 5) is 11.1. The predicted molar refractivity (Wildman–Crippen MR) is 54.4 cm³/mol. The molecule has 3 nitrogen and oxygen atoms in total. The average Bonchev–Trinajstić information content (AvgIpc) is 2.20. The maximum Gasteiger partial charge on any atom is 0.239 e. The van der Waals surface area contributed by atoms with Crippen LogP contribution in [0.2, 0.25) is 0 Å². The molecular formula is C8H7ClFNO2S. The van der Waals surface area contributed by atoms with Crippen LogP contribution in [0, 0.1) is 0 Å². The van der Waals surface area contributed by atoms with Crippen molar-refractivity contribution in [1.82, 2.24) is 0 Å². The monoisotopic (exact) mass is 235 g/mol. The van der Waals surface area contributed by atoms with E-state index in [1.54, 1.807) is 0 Å². The zero-order chi connectivity index (χ0) is 10.6. The molecule has 1 rings (SSSR count). The van der Waals surface area contributed by atoms with Crippen LogP contribution < -0.4 is 5.32 Å². The van der Waals surface area contributed by atoms with E-state index in [0.717, 1.165) is 0 Å². The van der Waals surface area contributed by atoms with Crippen LogP contribution in [-0.2, 0) is 4.79 Å². The lowest BCUT2D eigenvalue weighted by Gasteiger charge is -2.08. The van der Waals surface area contributed by atoms with Crippen LogP contribution in [0.3, 0.4) is 0 Å². The van der Waals surface area contributed by atoms with Gasteiger partial charge in [0.05, 0.1) is 22.7 Å². The Morgan fingerprint density at radius 3 is 2.93 bits per heavy atom. The summed E-state index contributed by atoms with van der Waals surface area (Å²) < 4.78 is 12.3. The molecule has 0 saturated heterocycles. The highest BCUT2D eigenvalue weighted by Gasteiger charge is 2.10. The van der Waals surface area contributed by atoms with Gasteiger partial charge in [0.25, 0.3) is 0 Å². The molecule has 1 amide bonds. The Morgan fingerprint density at radius 1 is 1.64 bits per heavy atom. The lowest BCUT2D eigenvalue weighted by Crippen LogP contribution is -2.13. The Kier molecular flexibility index (Phi) is 4.03. The number of amides is 1. The molecule has 0 saturated carbocycles. The molecule has 76 valence electrons. The maximum absolute atomic E-state index is 12.3. The molecule has 2 N–H and O–H groups in total. The van der Waals surface area contributed by atoms with E-state index in [1.807, 2.05) is 0 Å². The fourth-order valence-electron chi connectivity index (χ4n) is 0.882. The van der Waals surface area contributed by atoms with Gasteiger partial charge in [-0.05, 0) is 12.1 Å². The van der Waals surface area contributed by atoms with Crippen molar-refractivity contribution < 1.29 is 13.8 Å². The van der Waals surface area contributed by atoms with Gasteiger partial charge in [-0.1, -0.05) is 6.07 Å². The summed E-state index contributed by atoms with van der Waals surface area (Å²) in [5.74, 6) is -0.931. The molecule has 0 heterocycles. The van der Waals surface area contributed by atoms with Gasteiger partial charge in [-0.2, -0.15) is 3.89 Å². The molecule has 1 aromatic rings. The Bertz CT molecular complexity index is 348. The highest BCUT2D eigenvalue weighted by Crippen LogP contribution is 2.34. The number of para-hydroxylation sites is 1. The number of hydrogen-bond acceptors (Lipinski definition) is 3. The number of halogens is 2. The van der Waals surface area contributed by atoms with E-state index in [2.05, 4.69) is 5.32 Å². The van der Waals surface area contributed by atoms with Crippen LogP contribution in [0.1, 0.15) is 0 Å². The van der Waals surface area contributed by atoms with Crippen LogP contribution >= 0.6 is 23.7 Å². The largest absolute Gasteiger partial charge is 0.506 e. The quantitative estimate of drug-likeness (QED) is 0.625. The van der Waals surface area contributed by atoms with Gasteiger partial charge >= 0.3 is 0 Å². The van der Waals surface area contributed by atoms with E-state index in [9.17, 15) is 13.8 Å². The molecule has 0 aliphatic heterocycles. The van der Waals surface area contributed by atoms with E-state index in [1.165, 1.54) is 18.2 Å². The van der Waals surface area contributed by atoms with Gasteiger partial charge in [-0.25, -0.2) is 0 Å². The highest BCUT2D eigenvalue weighted by molar-refractivity contribution is 7.94. The third kappa shape index (κ3) is 2.52. The summed E-state index contributed by atoms with van der Waals surface area (Å²) in [7, 11) is 0. The number of phenols is 1. The van der Waals surface area contributed by atoms with E-state index in [4.69, 9.17) is 11.6 Å². The van der Waals surface area contributed by atoms with Crippen LogP contribution in [-0.4, -0.2) is 16.9 Å². The molecule has 6 heteroatoms. The topological polar surface area (TPSA) is 49.3 Å². The highest BCUT2D eigenvalue weighted by atomic mass is 35.5. The van der Waals surface area contributed by atoms with E-state index in [0.29, 0.717) is 0 Å². The average molecular weight is 236 g/mol. The number of rotatable bonds is 3. The molecule has 14 heavy (non-hydrogen) atoms. The molecule has 0 aliphatic carbocycles. The van der Waals surface area contributed by atoms with E-state index >= 15 is 0 Å². The van der Waals surface area contributed by atoms with Gasteiger partial charge in [0.15, 0.2) is 0 Å². The standard InChI is InChI=1S/C8H7ClFNO2S/c9-4-7(13)11-8-5(12)2-1-3-6(8)14-10/h1-3,12H,4H2,(H,11,13). The molecule has 0 spiro atoms. The van der Waals surface area contributed by atoms with Crippen LogP contribution in [0.5, 0.6) is 5.75 Å². The zero-order valence-corrected chi connectivity index (χ0v) is 8.53. The van der Waals surface area contributed by atoms with Crippen LogP contribution in [0.25, 0.3) is 0 Å². The second kappa shape index (κ2) is 5.07. The molecule has 0 unspecified atom stereocenters. The maximum atomic E-state index is 12.3. The fourth-order valence-corrected chi connectivity index (χ4v) is 1.31. The smallest absolute Gasteiger partial charge is 0.239 e. The summed E-state index contributed by atoms with van der Waals surface area (Å²) in [6.45, 7) is 0. The van der Waals surface area contributed by atoms with Crippen molar-refractivity contribution in [3.63, 3.8) is 0 Å². The summed E-state index contributed by atoms with van der Waals surface area (Å²) >= 11 is 5.20. The van der Waals surface area contributed by atoms with Crippen molar-refractivity contribution in [1.29, 1.82) is 0 Å². The van der Waals surface area contributed by atoms with Gasteiger partial charge < -0.3 is 10.4 Å². The van der Waals surface area contributed by atoms with Crippen molar-refractivity contribution in [2.75, 3.05) is 11.2 Å². The number of alkyl halides is 1. The number of benzene rings is 1. The van der Waals surface area contributed by atoms with Gasteiger partial charge in [-0.3, -0.25) is 4.79 Å². The number of aromatic hydroxyl groups is 1. The number of carbonyl (C=O) groups is 1. The molecule has 0 aliphatic rings. The summed E-state index contributed by atoms with van der Waals surface area (Å²) in [5.41, 5.74) is 0.0469. The van der Waals surface area contributed by atoms with E-state index < -0.39 is 5.91 Å². The molecular weight excluding hydrogens is 229 g/mol. The van der Waals surface area contributed by atoms with Gasteiger partial charge in [0.2, 0.25) is 5.91 Å². The van der Waals surface area contributed by atoms with Crippen molar-refractivity contribution in [3.05, 3.63) is 18.2 Å². The Morgan fingerprint density at radius 2 is 2.36 bits per heavy atom. The van der Waals surface area contributed by atoms with Gasteiger partial charge in [-0.15, -0.1) is 11.6 Å². The first-order valence-corrected chi connectivity index (χ1v) is 4.90. The lowest BCUT2D eigenvalue weighted by molar-refractivity contribution is -0.113. The second-order valence-corrected chi connectivity index (χ2v) is 3.27. The minimum Gasteiger partial charge on any atom is -0.506 e. The Labute approximate surface area is 89.6 Å². The lowest BCUT2D eigenvalue weighted by atomic mass is 10.3. The first-order valence-electron chi connectivity index (χ1n) is 3.65. The number of hydrogen-bond donors (Lipinski definition) is 2. The van der Waals surface area contributed by atoms with Gasteiger partial charge in [0, 0.05) is 0 Å². The van der Waals surface area contributed by atoms with Crippen molar-refractivity contribution in [2.45, 2.75) is 4.90 Å². The zero-order valence-electron chi connectivity index (χ0n) is 6.96. The van der Waals surface area contributed by atoms with Crippen LogP contribution in [0.15, 0.2) is 23.1 Å². The van der Waals surface area contributed by atoms with Crippen molar-refractivity contribution in [2.24, 2.45) is 0 Å². The number of phenolic OH excluding ortho intramolecular Hbond substituents is 1. The molecule has 0 atom stereocenters. The van der Waals surface area contributed by atoms with Crippen molar-refractivity contribution >= 4 is 35.3 Å². The first-order chi connectivity index (χ1) is 6.69. The molecule has 0 radical (unpaired) electrons. The van der Waals surface area contributed by atoms with Gasteiger partial charge in [0.1, 0.15) is 11.6 Å². The molecule has 0 fully saturated rings. The summed E-state index contributed by atoms with van der Waals surface area (Å²) in [6.07, 6.45) is 0. The van der Waals surface area contributed by atoms with E-state index in [-0.39, 0.29) is 34.4 Å². The Hall–Kier alpha value is -0.940. The summed E-state index contributed by atoms with van der Waals surface area (Å²) in [6, 6.07) is 4.27. The van der Waals surface area contributed by atoms with Crippen LogP contribution in [0.4, 0.5) is 9.57 Å². The second-order valence-electron chi connectivity index (χ2n) is 2.41. The molecule has 0 aromatic heterocycles. The fraction of sp³-hybridized carbons (Fsp3) is 0.125. The number of anilines is 1. The molecule has 1 aromatic carbocycles. The SMILES string of the molecule is O=C(CCl)Nc1c(O)cccc1SF. The number of carbonyl (C=O) groups excluding carboxylic acids is 1. The first kappa shape index (κ1) is 11.1. The third-order valence-electron chi connectivity index (χ3n) is 1.47. The van der Waals surface area contributed by atoms with Crippen molar-refractivity contribution in [3.8, 4) is 5.75 Å².